The summed E-state index contributed by atoms with van der Waals surface area (Å²) < 4.78 is 17.0. The SMILES string of the molecule is CCOc1ccc2oc(C(=O)N/N=C/c3ccccc3OCc3ccccc3C#N)cc2c1. The Kier molecular flexibility index (Phi) is 6.67. The minimum atomic E-state index is -0.471. The van der Waals surface area contributed by atoms with Gasteiger partial charge in [0.1, 0.15) is 23.7 Å². The summed E-state index contributed by atoms with van der Waals surface area (Å²) >= 11 is 0. The molecule has 0 fully saturated rings. The summed E-state index contributed by atoms with van der Waals surface area (Å²) in [5.74, 6) is 0.968. The number of carbonyl (C=O) groups excluding carboxylic acids is 1. The minimum absolute atomic E-state index is 0.147. The fourth-order valence-electron chi connectivity index (χ4n) is 3.23. The second-order valence-electron chi connectivity index (χ2n) is 7.04. The van der Waals surface area contributed by atoms with Crippen LogP contribution in [-0.4, -0.2) is 18.7 Å². The maximum atomic E-state index is 12.5. The molecule has 7 heteroatoms. The van der Waals surface area contributed by atoms with Crippen LogP contribution in [-0.2, 0) is 6.61 Å². The number of fused-ring (bicyclic) bond motifs is 1. The van der Waals surface area contributed by atoms with Crippen LogP contribution in [0.2, 0.25) is 0 Å². The first-order valence-corrected chi connectivity index (χ1v) is 10.4. The molecule has 0 aliphatic rings. The van der Waals surface area contributed by atoms with Gasteiger partial charge in [-0.2, -0.15) is 10.4 Å². The van der Waals surface area contributed by atoms with E-state index >= 15 is 0 Å². The number of benzene rings is 3. The van der Waals surface area contributed by atoms with Crippen molar-refractivity contribution in [3.63, 3.8) is 0 Å². The number of para-hydroxylation sites is 1. The van der Waals surface area contributed by atoms with Gasteiger partial charge in [0.25, 0.3) is 0 Å². The number of hydrogen-bond acceptors (Lipinski definition) is 6. The maximum Gasteiger partial charge on any atom is 0.307 e. The Morgan fingerprint density at radius 3 is 2.76 bits per heavy atom. The molecule has 1 aromatic heterocycles. The molecule has 0 saturated heterocycles. The molecule has 1 amide bonds. The van der Waals surface area contributed by atoms with E-state index < -0.39 is 5.91 Å². The van der Waals surface area contributed by atoms with E-state index in [1.54, 1.807) is 30.3 Å². The summed E-state index contributed by atoms with van der Waals surface area (Å²) in [6, 6.07) is 23.7. The predicted molar refractivity (Wildman–Crippen MR) is 124 cm³/mol. The van der Waals surface area contributed by atoms with E-state index in [-0.39, 0.29) is 12.4 Å². The number of hydrazone groups is 1. The fourth-order valence-corrected chi connectivity index (χ4v) is 3.23. The highest BCUT2D eigenvalue weighted by atomic mass is 16.5. The van der Waals surface area contributed by atoms with E-state index in [4.69, 9.17) is 13.9 Å². The lowest BCUT2D eigenvalue weighted by Gasteiger charge is -2.10. The number of nitrogens with zero attached hydrogens (tertiary/aromatic N) is 2. The van der Waals surface area contributed by atoms with Crippen molar-refractivity contribution in [1.29, 1.82) is 5.26 Å². The molecular weight excluding hydrogens is 418 g/mol. The molecule has 0 aliphatic heterocycles. The first-order chi connectivity index (χ1) is 16.2. The summed E-state index contributed by atoms with van der Waals surface area (Å²) in [5.41, 5.74) is 5.09. The van der Waals surface area contributed by atoms with Crippen LogP contribution in [0.3, 0.4) is 0 Å². The third-order valence-electron chi connectivity index (χ3n) is 4.83. The summed E-state index contributed by atoms with van der Waals surface area (Å²) in [6.07, 6.45) is 1.50. The molecule has 0 atom stereocenters. The second-order valence-corrected chi connectivity index (χ2v) is 7.04. The number of nitriles is 1. The number of nitrogens with one attached hydrogen (secondary N) is 1. The number of rotatable bonds is 8. The molecular formula is C26H21N3O4. The van der Waals surface area contributed by atoms with Gasteiger partial charge in [0.2, 0.25) is 0 Å². The molecule has 33 heavy (non-hydrogen) atoms. The van der Waals surface area contributed by atoms with E-state index in [0.29, 0.717) is 34.8 Å². The van der Waals surface area contributed by atoms with Gasteiger partial charge in [-0.1, -0.05) is 30.3 Å². The molecule has 164 valence electrons. The molecule has 0 spiro atoms. The monoisotopic (exact) mass is 439 g/mol. The lowest BCUT2D eigenvalue weighted by molar-refractivity contribution is 0.0929. The van der Waals surface area contributed by atoms with E-state index in [9.17, 15) is 10.1 Å². The van der Waals surface area contributed by atoms with Gasteiger partial charge in [0, 0.05) is 16.5 Å². The minimum Gasteiger partial charge on any atom is -0.494 e. The Morgan fingerprint density at radius 1 is 1.09 bits per heavy atom. The number of ether oxygens (including phenoxy) is 2. The Labute approximate surface area is 190 Å². The standard InChI is InChI=1S/C26H21N3O4/c1-2-31-22-11-12-24-21(13-22)14-25(33-24)26(30)29-28-16-19-8-5-6-10-23(19)32-17-20-9-4-3-7-18(20)15-27/h3-14,16H,2,17H2,1H3,(H,29,30)/b28-16+. The quantitative estimate of drug-likeness (QED) is 0.306. The van der Waals surface area contributed by atoms with Crippen molar-refractivity contribution in [2.45, 2.75) is 13.5 Å². The summed E-state index contributed by atoms with van der Waals surface area (Å²) in [4.78, 5) is 12.5. The van der Waals surface area contributed by atoms with Crippen LogP contribution < -0.4 is 14.9 Å². The van der Waals surface area contributed by atoms with Gasteiger partial charge in [0.05, 0.1) is 24.5 Å². The van der Waals surface area contributed by atoms with Crippen LogP contribution in [0, 0.1) is 11.3 Å². The molecule has 7 nitrogen and oxygen atoms in total. The van der Waals surface area contributed by atoms with Crippen LogP contribution in [0.25, 0.3) is 11.0 Å². The number of hydrogen-bond donors (Lipinski definition) is 1. The van der Waals surface area contributed by atoms with Crippen molar-refractivity contribution in [3.05, 3.63) is 95.2 Å². The highest BCUT2D eigenvalue weighted by molar-refractivity contribution is 5.97. The molecule has 0 radical (unpaired) electrons. The molecule has 4 rings (SSSR count). The van der Waals surface area contributed by atoms with Gasteiger partial charge >= 0.3 is 5.91 Å². The average Bonchev–Trinajstić information content (AvgIpc) is 3.27. The van der Waals surface area contributed by atoms with Crippen molar-refractivity contribution < 1.29 is 18.7 Å². The average molecular weight is 439 g/mol. The topological polar surface area (TPSA) is 96.8 Å². The van der Waals surface area contributed by atoms with E-state index in [1.165, 1.54) is 6.21 Å². The second kappa shape index (κ2) is 10.2. The molecule has 0 saturated carbocycles. The van der Waals surface area contributed by atoms with Crippen molar-refractivity contribution in [3.8, 4) is 17.6 Å². The van der Waals surface area contributed by atoms with Gasteiger partial charge in [-0.15, -0.1) is 0 Å². The third kappa shape index (κ3) is 5.20. The number of furan rings is 1. The molecule has 0 unspecified atom stereocenters. The molecule has 4 aromatic rings. The van der Waals surface area contributed by atoms with Gasteiger partial charge in [-0.25, -0.2) is 5.43 Å². The van der Waals surface area contributed by atoms with Crippen LogP contribution in [0.15, 0.2) is 82.3 Å². The van der Waals surface area contributed by atoms with Crippen molar-refractivity contribution in [1.82, 2.24) is 5.43 Å². The first kappa shape index (κ1) is 21.7. The molecule has 3 aromatic carbocycles. The zero-order valence-electron chi connectivity index (χ0n) is 17.9. The van der Waals surface area contributed by atoms with Crippen molar-refractivity contribution >= 4 is 23.1 Å². The largest absolute Gasteiger partial charge is 0.494 e. The van der Waals surface area contributed by atoms with Crippen molar-refractivity contribution in [2.24, 2.45) is 5.10 Å². The van der Waals surface area contributed by atoms with E-state index in [0.717, 1.165) is 10.9 Å². The fraction of sp³-hybridized carbons (Fsp3) is 0.115. The van der Waals surface area contributed by atoms with Crippen LogP contribution in [0.4, 0.5) is 0 Å². The van der Waals surface area contributed by atoms with Gasteiger partial charge in [-0.05, 0) is 49.4 Å². The van der Waals surface area contributed by atoms with E-state index in [2.05, 4.69) is 16.6 Å². The Morgan fingerprint density at radius 2 is 1.91 bits per heavy atom. The molecule has 0 bridgehead atoms. The smallest absolute Gasteiger partial charge is 0.307 e. The zero-order chi connectivity index (χ0) is 23.0. The third-order valence-corrected chi connectivity index (χ3v) is 4.83. The zero-order valence-corrected chi connectivity index (χ0v) is 17.9. The maximum absolute atomic E-state index is 12.5. The van der Waals surface area contributed by atoms with Crippen LogP contribution >= 0.6 is 0 Å². The van der Waals surface area contributed by atoms with Crippen LogP contribution in [0.1, 0.15) is 34.2 Å². The summed E-state index contributed by atoms with van der Waals surface area (Å²) in [7, 11) is 0. The molecule has 1 heterocycles. The van der Waals surface area contributed by atoms with Gasteiger partial charge in [-0.3, -0.25) is 4.79 Å². The molecule has 1 N–H and O–H groups in total. The summed E-state index contributed by atoms with van der Waals surface area (Å²) in [5, 5.41) is 14.0. The normalized spacial score (nSPS) is 10.8. The molecule has 0 aliphatic carbocycles. The summed E-state index contributed by atoms with van der Waals surface area (Å²) in [6.45, 7) is 2.70. The number of carbonyl (C=O) groups is 1. The lowest BCUT2D eigenvalue weighted by Crippen LogP contribution is -2.16. The Balaban J connectivity index is 1.43. The first-order valence-electron chi connectivity index (χ1n) is 10.4. The Hall–Kier alpha value is -4.57. The predicted octanol–water partition coefficient (Wildman–Crippen LogP) is 5.05. The Bertz CT molecular complexity index is 1350. The highest BCUT2D eigenvalue weighted by Crippen LogP contribution is 2.24. The lowest BCUT2D eigenvalue weighted by atomic mass is 10.1. The van der Waals surface area contributed by atoms with Crippen LogP contribution in [0.5, 0.6) is 11.5 Å². The van der Waals surface area contributed by atoms with Crippen molar-refractivity contribution in [2.75, 3.05) is 6.61 Å². The van der Waals surface area contributed by atoms with Gasteiger partial charge < -0.3 is 13.9 Å². The highest BCUT2D eigenvalue weighted by Gasteiger charge is 2.12. The number of amides is 1. The van der Waals surface area contributed by atoms with Gasteiger partial charge in [0.15, 0.2) is 5.76 Å². The van der Waals surface area contributed by atoms with E-state index in [1.807, 2.05) is 49.4 Å².